The van der Waals surface area contributed by atoms with Gasteiger partial charge in [0.2, 0.25) is 0 Å². The van der Waals surface area contributed by atoms with Crippen LogP contribution in [0.2, 0.25) is 0 Å². The number of fused-ring (bicyclic) bond motifs is 1. The van der Waals surface area contributed by atoms with Crippen molar-refractivity contribution in [3.05, 3.63) is 57.6 Å². The second kappa shape index (κ2) is 9.74. The highest BCUT2D eigenvalue weighted by Gasteiger charge is 2.38. The number of hydrogen-bond acceptors (Lipinski definition) is 5. The van der Waals surface area contributed by atoms with Crippen molar-refractivity contribution in [2.45, 2.75) is 52.0 Å². The molecule has 2 aromatic rings. The minimum absolute atomic E-state index is 0.00831. The lowest BCUT2D eigenvalue weighted by atomic mass is 9.79. The molecule has 0 saturated carbocycles. The Bertz CT molecular complexity index is 1220. The van der Waals surface area contributed by atoms with Gasteiger partial charge < -0.3 is 9.64 Å². The fraction of sp³-hybridized carbons (Fsp3) is 0.370. The number of rotatable bonds is 5. The summed E-state index contributed by atoms with van der Waals surface area (Å²) in [5, 5.41) is 2.71. The van der Waals surface area contributed by atoms with Gasteiger partial charge in [0.15, 0.2) is 5.11 Å². The van der Waals surface area contributed by atoms with Crippen molar-refractivity contribution in [2.24, 2.45) is 0 Å². The van der Waals surface area contributed by atoms with E-state index < -0.39 is 11.8 Å². The van der Waals surface area contributed by atoms with Gasteiger partial charge in [-0.05, 0) is 86.8 Å². The fourth-order valence-corrected chi connectivity index (χ4v) is 5.65. The van der Waals surface area contributed by atoms with Gasteiger partial charge in [0.25, 0.3) is 11.8 Å². The number of ether oxygens (including phenoxy) is 1. The van der Waals surface area contributed by atoms with Crippen molar-refractivity contribution in [1.82, 2.24) is 5.32 Å². The summed E-state index contributed by atoms with van der Waals surface area (Å²) in [5.41, 5.74) is 3.64. The molecule has 2 aliphatic heterocycles. The zero-order chi connectivity index (χ0) is 25.5. The fourth-order valence-electron chi connectivity index (χ4n) is 5.10. The van der Waals surface area contributed by atoms with E-state index in [0.29, 0.717) is 22.9 Å². The summed E-state index contributed by atoms with van der Waals surface area (Å²) in [7, 11) is 1.61. The second-order valence-corrected chi connectivity index (χ2v) is 11.0. The Morgan fingerprint density at radius 2 is 1.91 bits per heavy atom. The summed E-state index contributed by atoms with van der Waals surface area (Å²) >= 11 is 8.72. The number of hydrogen-bond donors (Lipinski definition) is 1. The Labute approximate surface area is 220 Å². The largest absolute Gasteiger partial charge is 0.496 e. The van der Waals surface area contributed by atoms with Crippen LogP contribution in [-0.2, 0) is 9.59 Å². The number of nitrogens with zero attached hydrogens (tertiary/aromatic N) is 2. The molecule has 2 heterocycles. The van der Waals surface area contributed by atoms with Gasteiger partial charge in [-0.15, -0.1) is 0 Å². The lowest BCUT2D eigenvalue weighted by Crippen LogP contribution is -2.54. The molecule has 0 spiro atoms. The van der Waals surface area contributed by atoms with Crippen LogP contribution in [0.5, 0.6) is 5.75 Å². The van der Waals surface area contributed by atoms with Gasteiger partial charge in [-0.25, -0.2) is 0 Å². The van der Waals surface area contributed by atoms with Gasteiger partial charge in [-0.3, -0.25) is 19.8 Å². The van der Waals surface area contributed by atoms with Gasteiger partial charge in [0.05, 0.1) is 12.8 Å². The first-order chi connectivity index (χ1) is 16.6. The number of carbonyl (C=O) groups excluding carboxylic acids is 2. The van der Waals surface area contributed by atoms with Crippen LogP contribution in [0.15, 0.2) is 46.4 Å². The molecule has 0 bridgehead atoms. The first kappa shape index (κ1) is 25.4. The average Bonchev–Trinajstić information content (AvgIpc) is 2.80. The van der Waals surface area contributed by atoms with Crippen molar-refractivity contribution >= 4 is 62.5 Å². The van der Waals surface area contributed by atoms with E-state index in [1.165, 1.54) is 10.5 Å². The molecule has 4 rings (SSSR count). The lowest BCUT2D eigenvalue weighted by molar-refractivity contribution is -0.122. The summed E-state index contributed by atoms with van der Waals surface area (Å²) < 4.78 is 6.62. The quantitative estimate of drug-likeness (QED) is 0.287. The van der Waals surface area contributed by atoms with Crippen molar-refractivity contribution in [3.8, 4) is 5.75 Å². The summed E-state index contributed by atoms with van der Waals surface area (Å²) in [5.74, 6) is -0.0531. The minimum atomic E-state index is -0.519. The minimum Gasteiger partial charge on any atom is -0.496 e. The molecule has 1 fully saturated rings. The maximum atomic E-state index is 13.5. The molecule has 184 valence electrons. The standard InChI is InChI=1S/C27H30BrN3O3S/c1-6-11-30-22-14-23(34-5)17(12-20(22)16(2)15-27(30,3)4)13-21-24(32)29-26(35)31(25(21)33)19-9-7-18(28)8-10-19/h7-10,12-14,16H,6,11,15H2,1-5H3,(H,29,32,35)/b21-13-. The Morgan fingerprint density at radius 1 is 1.23 bits per heavy atom. The van der Waals surface area contributed by atoms with E-state index in [4.69, 9.17) is 17.0 Å². The predicted octanol–water partition coefficient (Wildman–Crippen LogP) is 5.79. The normalized spacial score (nSPS) is 20.7. The van der Waals surface area contributed by atoms with E-state index in [-0.39, 0.29) is 16.2 Å². The molecular weight excluding hydrogens is 526 g/mol. The molecule has 1 saturated heterocycles. The summed E-state index contributed by atoms with van der Waals surface area (Å²) in [6, 6.07) is 11.3. The van der Waals surface area contributed by atoms with E-state index >= 15 is 0 Å². The lowest BCUT2D eigenvalue weighted by Gasteiger charge is -2.48. The first-order valence-corrected chi connectivity index (χ1v) is 12.9. The average molecular weight is 557 g/mol. The number of methoxy groups -OCH3 is 1. The zero-order valence-electron chi connectivity index (χ0n) is 20.6. The molecule has 1 unspecified atom stereocenters. The van der Waals surface area contributed by atoms with Crippen molar-refractivity contribution < 1.29 is 14.3 Å². The molecule has 2 aromatic carbocycles. The number of nitrogens with one attached hydrogen (secondary N) is 1. The zero-order valence-corrected chi connectivity index (χ0v) is 23.0. The molecule has 2 amide bonds. The summed E-state index contributed by atoms with van der Waals surface area (Å²) in [4.78, 5) is 30.1. The third-order valence-electron chi connectivity index (χ3n) is 6.67. The van der Waals surface area contributed by atoms with Crippen LogP contribution in [0.3, 0.4) is 0 Å². The molecule has 0 radical (unpaired) electrons. The van der Waals surface area contributed by atoms with E-state index in [9.17, 15) is 9.59 Å². The highest BCUT2D eigenvalue weighted by atomic mass is 79.9. The number of carbonyl (C=O) groups is 2. The summed E-state index contributed by atoms with van der Waals surface area (Å²) in [6.45, 7) is 9.89. The van der Waals surface area contributed by atoms with Gasteiger partial charge in [0, 0.05) is 33.9 Å². The Balaban J connectivity index is 1.80. The first-order valence-electron chi connectivity index (χ1n) is 11.7. The summed E-state index contributed by atoms with van der Waals surface area (Å²) in [6.07, 6.45) is 3.65. The Kier molecular flexibility index (Phi) is 7.06. The van der Waals surface area contributed by atoms with E-state index in [1.54, 1.807) is 25.3 Å². The number of benzene rings is 2. The van der Waals surface area contributed by atoms with Crippen LogP contribution >= 0.6 is 28.1 Å². The molecule has 0 aliphatic carbocycles. The van der Waals surface area contributed by atoms with Crippen LogP contribution < -0.4 is 19.9 Å². The van der Waals surface area contributed by atoms with Crippen molar-refractivity contribution in [2.75, 3.05) is 23.5 Å². The molecule has 35 heavy (non-hydrogen) atoms. The van der Waals surface area contributed by atoms with Crippen LogP contribution in [-0.4, -0.2) is 36.1 Å². The topological polar surface area (TPSA) is 61.9 Å². The van der Waals surface area contributed by atoms with Crippen molar-refractivity contribution in [3.63, 3.8) is 0 Å². The molecule has 1 N–H and O–H groups in total. The molecule has 0 aromatic heterocycles. The van der Waals surface area contributed by atoms with Gasteiger partial charge in [0.1, 0.15) is 11.3 Å². The number of amides is 2. The van der Waals surface area contributed by atoms with E-state index in [0.717, 1.165) is 29.5 Å². The molecule has 8 heteroatoms. The molecular formula is C27H30BrN3O3S. The molecule has 2 aliphatic rings. The Morgan fingerprint density at radius 3 is 2.54 bits per heavy atom. The highest BCUT2D eigenvalue weighted by Crippen LogP contribution is 2.46. The van der Waals surface area contributed by atoms with Crippen LogP contribution in [0.25, 0.3) is 6.08 Å². The Hall–Kier alpha value is -2.71. The van der Waals surface area contributed by atoms with Crippen LogP contribution in [0.1, 0.15) is 57.6 Å². The van der Waals surface area contributed by atoms with Gasteiger partial charge >= 0.3 is 0 Å². The highest BCUT2D eigenvalue weighted by molar-refractivity contribution is 9.10. The van der Waals surface area contributed by atoms with E-state index in [2.05, 4.69) is 59.9 Å². The number of halogens is 1. The van der Waals surface area contributed by atoms with Crippen LogP contribution in [0, 0.1) is 0 Å². The third kappa shape index (κ3) is 4.74. The SMILES string of the molecule is CCCN1c2cc(OC)c(/C=C3/C(=O)NC(=S)N(c4ccc(Br)cc4)C3=O)cc2C(C)CC1(C)C. The van der Waals surface area contributed by atoms with Gasteiger partial charge in [-0.2, -0.15) is 0 Å². The maximum Gasteiger partial charge on any atom is 0.270 e. The van der Waals surface area contributed by atoms with E-state index in [1.807, 2.05) is 18.2 Å². The predicted molar refractivity (Wildman–Crippen MR) is 148 cm³/mol. The monoisotopic (exact) mass is 555 g/mol. The molecule has 1 atom stereocenters. The smallest absolute Gasteiger partial charge is 0.270 e. The van der Waals surface area contributed by atoms with Crippen LogP contribution in [0.4, 0.5) is 11.4 Å². The molecule has 6 nitrogen and oxygen atoms in total. The third-order valence-corrected chi connectivity index (χ3v) is 7.48. The maximum absolute atomic E-state index is 13.5. The second-order valence-electron chi connectivity index (χ2n) is 9.66. The number of anilines is 2. The number of thiocarbonyl (C=S) groups is 1. The van der Waals surface area contributed by atoms with Crippen molar-refractivity contribution in [1.29, 1.82) is 0 Å². The van der Waals surface area contributed by atoms with Gasteiger partial charge in [-0.1, -0.05) is 29.8 Å².